The highest BCUT2D eigenvalue weighted by atomic mass is 16.2. The van der Waals surface area contributed by atoms with Gasteiger partial charge < -0.3 is 10.6 Å². The van der Waals surface area contributed by atoms with Crippen LogP contribution in [-0.4, -0.2) is 31.6 Å². The van der Waals surface area contributed by atoms with E-state index in [0.717, 1.165) is 24.1 Å². The van der Waals surface area contributed by atoms with Gasteiger partial charge in [0.25, 0.3) is 5.91 Å². The monoisotopic (exact) mass is 386 g/mol. The zero-order chi connectivity index (χ0) is 19.8. The lowest BCUT2D eigenvalue weighted by atomic mass is 10.1. The van der Waals surface area contributed by atoms with E-state index in [1.165, 1.54) is 6.33 Å². The van der Waals surface area contributed by atoms with E-state index in [-0.39, 0.29) is 17.4 Å². The summed E-state index contributed by atoms with van der Waals surface area (Å²) in [6.45, 7) is 0. The third kappa shape index (κ3) is 3.44. The highest BCUT2D eigenvalue weighted by Gasteiger charge is 2.28. The molecule has 0 saturated heterocycles. The number of fused-ring (bicyclic) bond motifs is 1. The summed E-state index contributed by atoms with van der Waals surface area (Å²) in [5.41, 5.74) is 3.84. The molecule has 0 spiro atoms. The third-order valence-electron chi connectivity index (χ3n) is 5.15. The first-order valence-electron chi connectivity index (χ1n) is 9.54. The van der Waals surface area contributed by atoms with Crippen LogP contribution in [0.4, 0.5) is 17.2 Å². The molecule has 0 aliphatic heterocycles. The predicted molar refractivity (Wildman–Crippen MR) is 106 cm³/mol. The predicted octanol–water partition coefficient (Wildman–Crippen LogP) is 3.27. The van der Waals surface area contributed by atoms with Crippen molar-refractivity contribution in [3.05, 3.63) is 65.6 Å². The van der Waals surface area contributed by atoms with E-state index in [1.54, 1.807) is 30.7 Å². The molecule has 3 aromatic rings. The first kappa shape index (κ1) is 17.4. The summed E-state index contributed by atoms with van der Waals surface area (Å²) in [5, 5.41) is 6.00. The molecule has 2 N–H and O–H groups in total. The van der Waals surface area contributed by atoms with E-state index in [1.807, 2.05) is 6.07 Å². The fourth-order valence-electron chi connectivity index (χ4n) is 3.52. The van der Waals surface area contributed by atoms with Crippen molar-refractivity contribution in [1.29, 1.82) is 0 Å². The number of anilines is 3. The van der Waals surface area contributed by atoms with Crippen LogP contribution < -0.4 is 10.6 Å². The zero-order valence-corrected chi connectivity index (χ0v) is 15.6. The summed E-state index contributed by atoms with van der Waals surface area (Å²) in [6, 6.07) is 5.40. The Bertz CT molecular complexity index is 1110. The van der Waals surface area contributed by atoms with Crippen LogP contribution in [0.5, 0.6) is 0 Å². The SMILES string of the molecule is O=C1CCc2c(NC(=O)c3nc(C4CC4)cnc3Nc3cncnc3)cccc21. The molecule has 29 heavy (non-hydrogen) atoms. The van der Waals surface area contributed by atoms with Gasteiger partial charge in [0.05, 0.1) is 30.0 Å². The van der Waals surface area contributed by atoms with E-state index in [9.17, 15) is 9.59 Å². The lowest BCUT2D eigenvalue weighted by Gasteiger charge is -2.13. The molecule has 0 atom stereocenters. The summed E-state index contributed by atoms with van der Waals surface area (Å²) in [7, 11) is 0. The number of rotatable bonds is 5. The number of nitrogens with one attached hydrogen (secondary N) is 2. The maximum atomic E-state index is 13.1. The van der Waals surface area contributed by atoms with E-state index in [2.05, 4.69) is 30.6 Å². The average Bonchev–Trinajstić information content (AvgIpc) is 3.52. The number of aromatic nitrogens is 4. The quantitative estimate of drug-likeness (QED) is 0.692. The number of amides is 1. The largest absolute Gasteiger partial charge is 0.336 e. The van der Waals surface area contributed by atoms with Gasteiger partial charge in [-0.25, -0.2) is 19.9 Å². The second-order valence-corrected chi connectivity index (χ2v) is 7.23. The summed E-state index contributed by atoms with van der Waals surface area (Å²) >= 11 is 0. The van der Waals surface area contributed by atoms with Crippen LogP contribution in [0.3, 0.4) is 0 Å². The number of nitrogens with zero attached hydrogens (tertiary/aromatic N) is 4. The van der Waals surface area contributed by atoms with Crippen LogP contribution in [0.15, 0.2) is 43.1 Å². The Morgan fingerprint density at radius 3 is 2.69 bits per heavy atom. The van der Waals surface area contributed by atoms with Crippen molar-refractivity contribution in [3.63, 3.8) is 0 Å². The van der Waals surface area contributed by atoms with Gasteiger partial charge in [-0.3, -0.25) is 9.59 Å². The molecule has 1 amide bonds. The average molecular weight is 386 g/mol. The molecule has 8 nitrogen and oxygen atoms in total. The van der Waals surface area contributed by atoms with E-state index in [4.69, 9.17) is 0 Å². The van der Waals surface area contributed by atoms with Gasteiger partial charge in [0, 0.05) is 23.6 Å². The van der Waals surface area contributed by atoms with Gasteiger partial charge in [-0.2, -0.15) is 0 Å². The van der Waals surface area contributed by atoms with Crippen LogP contribution in [0.25, 0.3) is 0 Å². The van der Waals surface area contributed by atoms with Crippen molar-refractivity contribution < 1.29 is 9.59 Å². The molecule has 2 aromatic heterocycles. The Morgan fingerprint density at radius 1 is 1.07 bits per heavy atom. The lowest BCUT2D eigenvalue weighted by molar-refractivity contribution is 0.0991. The van der Waals surface area contributed by atoms with Gasteiger partial charge in [-0.05, 0) is 30.9 Å². The van der Waals surface area contributed by atoms with Gasteiger partial charge in [-0.15, -0.1) is 0 Å². The fourth-order valence-corrected chi connectivity index (χ4v) is 3.52. The van der Waals surface area contributed by atoms with Crippen LogP contribution >= 0.6 is 0 Å². The Hall–Kier alpha value is -3.68. The normalized spacial score (nSPS) is 15.1. The van der Waals surface area contributed by atoms with E-state index < -0.39 is 0 Å². The second kappa shape index (κ2) is 7.05. The number of carbonyl (C=O) groups excluding carboxylic acids is 2. The van der Waals surface area contributed by atoms with Crippen LogP contribution in [0.2, 0.25) is 0 Å². The molecular formula is C21H18N6O2. The second-order valence-electron chi connectivity index (χ2n) is 7.23. The van der Waals surface area contributed by atoms with Crippen molar-refractivity contribution in [3.8, 4) is 0 Å². The first-order chi connectivity index (χ1) is 14.2. The van der Waals surface area contributed by atoms with Crippen LogP contribution in [0, 0.1) is 0 Å². The summed E-state index contributed by atoms with van der Waals surface area (Å²) in [4.78, 5) is 42.1. The number of hydrogen-bond acceptors (Lipinski definition) is 7. The number of benzene rings is 1. The molecule has 1 aromatic carbocycles. The Morgan fingerprint density at radius 2 is 1.90 bits per heavy atom. The van der Waals surface area contributed by atoms with Crippen molar-refractivity contribution in [2.24, 2.45) is 0 Å². The number of hydrogen-bond donors (Lipinski definition) is 2. The molecule has 1 fully saturated rings. The smallest absolute Gasteiger partial charge is 0.278 e. The molecule has 1 saturated carbocycles. The molecule has 5 rings (SSSR count). The van der Waals surface area contributed by atoms with Crippen molar-refractivity contribution >= 4 is 28.9 Å². The summed E-state index contributed by atoms with van der Waals surface area (Å²) in [6.07, 6.45) is 9.55. The Kier molecular flexibility index (Phi) is 4.23. The lowest BCUT2D eigenvalue weighted by Crippen LogP contribution is -2.18. The van der Waals surface area contributed by atoms with Crippen molar-refractivity contribution in [1.82, 2.24) is 19.9 Å². The minimum atomic E-state index is -0.368. The molecule has 144 valence electrons. The highest BCUT2D eigenvalue weighted by Crippen LogP contribution is 2.39. The highest BCUT2D eigenvalue weighted by molar-refractivity contribution is 6.09. The molecule has 0 radical (unpaired) electrons. The molecule has 0 bridgehead atoms. The Balaban J connectivity index is 1.48. The van der Waals surface area contributed by atoms with E-state index >= 15 is 0 Å². The van der Waals surface area contributed by atoms with Crippen molar-refractivity contribution in [2.45, 2.75) is 31.6 Å². The van der Waals surface area contributed by atoms with E-state index in [0.29, 0.717) is 41.5 Å². The van der Waals surface area contributed by atoms with Crippen LogP contribution in [-0.2, 0) is 6.42 Å². The standard InChI is InChI=1S/C21H18N6O2/c28-18-7-6-14-15(18)2-1-3-16(14)27-21(29)19-20(25-13-8-22-11-23-9-13)24-10-17(26-19)12-4-5-12/h1-3,8-12H,4-7H2,(H,24,25)(H,27,29). The molecule has 2 aliphatic carbocycles. The minimum absolute atomic E-state index is 0.109. The van der Waals surface area contributed by atoms with Crippen molar-refractivity contribution in [2.75, 3.05) is 10.6 Å². The van der Waals surface area contributed by atoms with Gasteiger partial charge in [0.2, 0.25) is 0 Å². The minimum Gasteiger partial charge on any atom is -0.336 e. The maximum absolute atomic E-state index is 13.1. The summed E-state index contributed by atoms with van der Waals surface area (Å²) in [5.74, 6) is 0.442. The topological polar surface area (TPSA) is 110 Å². The molecule has 2 aliphatic rings. The van der Waals surface area contributed by atoms with Gasteiger partial charge in [0.15, 0.2) is 17.3 Å². The summed E-state index contributed by atoms with van der Waals surface area (Å²) < 4.78 is 0. The van der Waals surface area contributed by atoms with Gasteiger partial charge in [-0.1, -0.05) is 12.1 Å². The van der Waals surface area contributed by atoms with Gasteiger partial charge >= 0.3 is 0 Å². The zero-order valence-electron chi connectivity index (χ0n) is 15.6. The van der Waals surface area contributed by atoms with Gasteiger partial charge in [0.1, 0.15) is 6.33 Å². The fraction of sp³-hybridized carbons (Fsp3) is 0.238. The first-order valence-corrected chi connectivity index (χ1v) is 9.54. The third-order valence-corrected chi connectivity index (χ3v) is 5.15. The molecule has 0 unspecified atom stereocenters. The number of ketones is 1. The number of Topliss-reactive ketones (excluding diaryl/α,β-unsaturated/α-hetero) is 1. The molecule has 8 heteroatoms. The molecule has 2 heterocycles. The Labute approximate surface area is 166 Å². The van der Waals surface area contributed by atoms with Crippen LogP contribution in [0.1, 0.15) is 57.3 Å². The number of carbonyl (C=O) groups is 2. The molecular weight excluding hydrogens is 368 g/mol. The maximum Gasteiger partial charge on any atom is 0.278 e.